The number of nitrogens with one attached hydrogen (secondary N) is 3. The van der Waals surface area contributed by atoms with Crippen molar-refractivity contribution in [3.8, 4) is 0 Å². The van der Waals surface area contributed by atoms with Gasteiger partial charge in [0.15, 0.2) is 0 Å². The molecule has 0 bridgehead atoms. The Morgan fingerprint density at radius 1 is 0.532 bits per heavy atom. The number of rotatable bonds is 35. The van der Waals surface area contributed by atoms with Crippen molar-refractivity contribution in [3.05, 3.63) is 0 Å². The van der Waals surface area contributed by atoms with E-state index in [1.54, 1.807) is 0 Å². The summed E-state index contributed by atoms with van der Waals surface area (Å²) in [6.45, 7) is 2.91. The fourth-order valence-electron chi connectivity index (χ4n) is 4.25. The van der Waals surface area contributed by atoms with E-state index in [0.717, 1.165) is 57.8 Å². The number of ether oxygens (including phenoxy) is 4. The van der Waals surface area contributed by atoms with Crippen molar-refractivity contribution in [2.24, 2.45) is 5.90 Å². The number of nitrogens with two attached hydrogens (primary N) is 1. The van der Waals surface area contributed by atoms with Gasteiger partial charge in [0.25, 0.3) is 0 Å². The molecule has 0 unspecified atom stereocenters. The number of aliphatic carboxylic acids is 2. The fraction of sp³-hybridized carbons (Fsp3) is 0.839. The summed E-state index contributed by atoms with van der Waals surface area (Å²) in [6, 6.07) is -1.14. The van der Waals surface area contributed by atoms with Crippen molar-refractivity contribution >= 4 is 29.7 Å². The third kappa shape index (κ3) is 32.8. The zero-order chi connectivity index (χ0) is 34.8. The first-order valence-electron chi connectivity index (χ1n) is 16.7. The highest BCUT2D eigenvalue weighted by molar-refractivity contribution is 5.84. The largest absolute Gasteiger partial charge is 0.481 e. The molecule has 0 aliphatic rings. The highest BCUT2D eigenvalue weighted by Gasteiger charge is 2.20. The smallest absolute Gasteiger partial charge is 0.326 e. The molecule has 0 saturated heterocycles. The second-order valence-corrected chi connectivity index (χ2v) is 10.9. The Morgan fingerprint density at radius 2 is 1.00 bits per heavy atom. The topological polar surface area (TPSA) is 234 Å². The molecular formula is C31H58N4O12. The van der Waals surface area contributed by atoms with Crippen LogP contribution in [-0.4, -0.2) is 118 Å². The first-order chi connectivity index (χ1) is 22.8. The Kier molecular flexibility index (Phi) is 31.0. The average molecular weight is 679 g/mol. The lowest BCUT2D eigenvalue weighted by Crippen LogP contribution is -2.41. The van der Waals surface area contributed by atoms with Crippen molar-refractivity contribution in [2.45, 2.75) is 95.9 Å². The lowest BCUT2D eigenvalue weighted by molar-refractivity contribution is -0.142. The van der Waals surface area contributed by atoms with Gasteiger partial charge < -0.3 is 49.9 Å². The van der Waals surface area contributed by atoms with Gasteiger partial charge in [0, 0.05) is 32.4 Å². The predicted molar refractivity (Wildman–Crippen MR) is 171 cm³/mol. The standard InChI is InChI=1S/C31H58N4O12/c32-47-24-23-45-20-19-43-18-16-34-29(38)25-46-22-21-44-17-15-33-27(36)14-13-26(31(41)42)35-28(37)11-9-7-5-3-1-2-4-6-8-10-12-30(39)40/h26H,1-25,32H2,(H,33,36)(H,34,38)(H,35,37)(H,39,40)(H,41,42)/t26-/m0/s1. The van der Waals surface area contributed by atoms with E-state index < -0.39 is 18.0 Å². The molecular weight excluding hydrogens is 620 g/mol. The Hall–Kier alpha value is -2.89. The van der Waals surface area contributed by atoms with E-state index >= 15 is 0 Å². The van der Waals surface area contributed by atoms with Crippen LogP contribution in [0.25, 0.3) is 0 Å². The van der Waals surface area contributed by atoms with Crippen LogP contribution in [0.2, 0.25) is 0 Å². The van der Waals surface area contributed by atoms with Gasteiger partial charge in [0.05, 0.1) is 52.9 Å². The summed E-state index contributed by atoms with van der Waals surface area (Å²) < 4.78 is 21.1. The Bertz CT molecular complexity index is 834. The molecule has 274 valence electrons. The summed E-state index contributed by atoms with van der Waals surface area (Å²) in [4.78, 5) is 62.4. The van der Waals surface area contributed by atoms with Crippen molar-refractivity contribution in [3.63, 3.8) is 0 Å². The maximum absolute atomic E-state index is 12.2. The minimum Gasteiger partial charge on any atom is -0.481 e. The zero-order valence-corrected chi connectivity index (χ0v) is 27.8. The molecule has 0 aromatic heterocycles. The maximum atomic E-state index is 12.2. The molecule has 3 amide bonds. The molecule has 0 fully saturated rings. The SMILES string of the molecule is NOCCOCCOCCNC(=O)COCCOCCNC(=O)CC[C@H](NC(=O)CCCCCCCCCCCCC(=O)O)C(=O)O. The number of carboxylic acids is 2. The molecule has 0 heterocycles. The number of carbonyl (C=O) groups excluding carboxylic acids is 3. The minimum absolute atomic E-state index is 0.0222. The van der Waals surface area contributed by atoms with Gasteiger partial charge in [-0.25, -0.2) is 10.7 Å². The van der Waals surface area contributed by atoms with Gasteiger partial charge in [-0.05, 0) is 19.3 Å². The van der Waals surface area contributed by atoms with E-state index in [-0.39, 0.29) is 76.4 Å². The van der Waals surface area contributed by atoms with Gasteiger partial charge in [0.2, 0.25) is 17.7 Å². The summed E-state index contributed by atoms with van der Waals surface area (Å²) in [7, 11) is 0. The highest BCUT2D eigenvalue weighted by Crippen LogP contribution is 2.12. The summed E-state index contributed by atoms with van der Waals surface area (Å²) in [6.07, 6.45) is 10.1. The lowest BCUT2D eigenvalue weighted by atomic mass is 10.0. The lowest BCUT2D eigenvalue weighted by Gasteiger charge is -2.14. The van der Waals surface area contributed by atoms with E-state index in [2.05, 4.69) is 20.8 Å². The number of hydrogen-bond donors (Lipinski definition) is 6. The molecule has 47 heavy (non-hydrogen) atoms. The first kappa shape index (κ1) is 44.1. The number of carboxylic acid groups (broad SMARTS) is 2. The van der Waals surface area contributed by atoms with Gasteiger partial charge in [-0.3, -0.25) is 19.2 Å². The van der Waals surface area contributed by atoms with Crippen LogP contribution >= 0.6 is 0 Å². The molecule has 7 N–H and O–H groups in total. The van der Waals surface area contributed by atoms with Crippen LogP contribution in [0.3, 0.4) is 0 Å². The van der Waals surface area contributed by atoms with Gasteiger partial charge in [0.1, 0.15) is 12.6 Å². The summed E-state index contributed by atoms with van der Waals surface area (Å²) >= 11 is 0. The van der Waals surface area contributed by atoms with Crippen LogP contribution in [-0.2, 0) is 47.8 Å². The molecule has 16 nitrogen and oxygen atoms in total. The number of unbranched alkanes of at least 4 members (excludes halogenated alkanes) is 9. The summed E-state index contributed by atoms with van der Waals surface area (Å²) in [5.41, 5.74) is 0. The van der Waals surface area contributed by atoms with Crippen LogP contribution in [0, 0.1) is 0 Å². The van der Waals surface area contributed by atoms with Gasteiger partial charge in [-0.15, -0.1) is 0 Å². The fourth-order valence-corrected chi connectivity index (χ4v) is 4.25. The summed E-state index contributed by atoms with van der Waals surface area (Å²) in [5.74, 6) is 1.98. The third-order valence-electron chi connectivity index (χ3n) is 6.80. The Morgan fingerprint density at radius 3 is 1.53 bits per heavy atom. The molecule has 0 saturated carbocycles. The summed E-state index contributed by atoms with van der Waals surface area (Å²) in [5, 5.41) is 25.9. The maximum Gasteiger partial charge on any atom is 0.326 e. The van der Waals surface area contributed by atoms with E-state index in [9.17, 15) is 29.1 Å². The Balaban J connectivity index is 3.68. The van der Waals surface area contributed by atoms with E-state index in [4.69, 9.17) is 30.0 Å². The van der Waals surface area contributed by atoms with Crippen molar-refractivity contribution in [1.82, 2.24) is 16.0 Å². The van der Waals surface area contributed by atoms with Crippen molar-refractivity contribution < 1.29 is 58.0 Å². The van der Waals surface area contributed by atoms with Crippen LogP contribution in [0.1, 0.15) is 89.9 Å². The number of hydrogen-bond acceptors (Lipinski definition) is 11. The minimum atomic E-state index is -1.18. The third-order valence-corrected chi connectivity index (χ3v) is 6.80. The molecule has 0 aromatic carbocycles. The molecule has 16 heteroatoms. The molecule has 0 radical (unpaired) electrons. The highest BCUT2D eigenvalue weighted by atomic mass is 16.6. The van der Waals surface area contributed by atoms with Crippen molar-refractivity contribution in [2.75, 3.05) is 72.6 Å². The molecule has 0 rings (SSSR count). The first-order valence-corrected chi connectivity index (χ1v) is 16.7. The van der Waals surface area contributed by atoms with Gasteiger partial charge in [-0.1, -0.05) is 51.4 Å². The second-order valence-electron chi connectivity index (χ2n) is 10.9. The monoisotopic (exact) mass is 678 g/mol. The van der Waals surface area contributed by atoms with E-state index in [0.29, 0.717) is 46.0 Å². The van der Waals surface area contributed by atoms with E-state index in [1.807, 2.05) is 0 Å². The van der Waals surface area contributed by atoms with Gasteiger partial charge >= 0.3 is 11.9 Å². The normalized spacial score (nSPS) is 11.6. The second kappa shape index (κ2) is 33.0. The molecule has 0 aliphatic carbocycles. The zero-order valence-electron chi connectivity index (χ0n) is 27.8. The van der Waals surface area contributed by atoms with E-state index in [1.165, 1.54) is 0 Å². The Labute approximate surface area is 278 Å². The molecule has 0 aliphatic heterocycles. The van der Waals surface area contributed by atoms with Crippen molar-refractivity contribution in [1.29, 1.82) is 0 Å². The number of carbonyl (C=O) groups is 5. The molecule has 0 spiro atoms. The quantitative estimate of drug-likeness (QED) is 0.0410. The van der Waals surface area contributed by atoms with Gasteiger partial charge in [-0.2, -0.15) is 0 Å². The van der Waals surface area contributed by atoms with Crippen LogP contribution in [0.4, 0.5) is 0 Å². The van der Waals surface area contributed by atoms with Crippen LogP contribution < -0.4 is 21.8 Å². The average Bonchev–Trinajstić information content (AvgIpc) is 3.03. The predicted octanol–water partition coefficient (Wildman–Crippen LogP) is 1.29. The number of amides is 3. The molecule has 0 aromatic rings. The molecule has 1 atom stereocenters. The van der Waals surface area contributed by atoms with Crippen LogP contribution in [0.5, 0.6) is 0 Å². The van der Waals surface area contributed by atoms with Crippen LogP contribution in [0.15, 0.2) is 0 Å².